The predicted octanol–water partition coefficient (Wildman–Crippen LogP) is 2.70. The molecule has 27 heavy (non-hydrogen) atoms. The van der Waals surface area contributed by atoms with Crippen molar-refractivity contribution in [3.8, 4) is 11.5 Å². The van der Waals surface area contributed by atoms with Crippen molar-refractivity contribution in [1.82, 2.24) is 0 Å². The van der Waals surface area contributed by atoms with Crippen LogP contribution in [-0.2, 0) is 4.74 Å². The van der Waals surface area contributed by atoms with E-state index in [4.69, 9.17) is 14.6 Å². The van der Waals surface area contributed by atoms with Gasteiger partial charge < -0.3 is 25.0 Å². The molecule has 0 radical (unpaired) electrons. The fraction of sp³-hybridized carbons (Fsp3) is 0.200. The van der Waals surface area contributed by atoms with Crippen LogP contribution in [0.1, 0.15) is 33.2 Å². The number of Topliss-reactive ketones (excluding diaryl/α,β-unsaturated/α-hetero) is 1. The summed E-state index contributed by atoms with van der Waals surface area (Å²) in [6.07, 6.45) is 0.540. The van der Waals surface area contributed by atoms with E-state index in [1.165, 1.54) is 18.3 Å². The smallest absolute Gasteiger partial charge is 0.335 e. The maximum atomic E-state index is 12.9. The van der Waals surface area contributed by atoms with Crippen LogP contribution in [0.25, 0.3) is 0 Å². The molecule has 0 saturated carbocycles. The van der Waals surface area contributed by atoms with Crippen molar-refractivity contribution in [2.45, 2.75) is 20.1 Å². The van der Waals surface area contributed by atoms with Gasteiger partial charge in [0.15, 0.2) is 5.78 Å². The highest BCUT2D eigenvalue weighted by Gasteiger charge is 2.32. The molecule has 2 aromatic rings. The first-order valence-electron chi connectivity index (χ1n) is 8.35. The maximum Gasteiger partial charge on any atom is 0.335 e. The van der Waals surface area contributed by atoms with E-state index in [9.17, 15) is 14.7 Å². The normalized spacial score (nSPS) is 17.3. The number of carboxylic acid groups (broad SMARTS) is 1. The summed E-state index contributed by atoms with van der Waals surface area (Å²) in [5, 5.41) is 23.6. The molecule has 0 aromatic heterocycles. The summed E-state index contributed by atoms with van der Waals surface area (Å²) in [5.74, 6) is -1.70. The molecule has 1 aliphatic heterocycles. The van der Waals surface area contributed by atoms with Gasteiger partial charge in [-0.3, -0.25) is 4.79 Å². The van der Waals surface area contributed by atoms with Gasteiger partial charge in [-0.05, 0) is 44.2 Å². The third kappa shape index (κ3) is 3.78. The Hall–Kier alpha value is -3.32. The van der Waals surface area contributed by atoms with Crippen molar-refractivity contribution < 1.29 is 29.3 Å². The number of anilines is 1. The van der Waals surface area contributed by atoms with E-state index in [0.717, 1.165) is 11.6 Å². The van der Waals surface area contributed by atoms with E-state index in [-0.39, 0.29) is 16.9 Å². The molecule has 0 spiro atoms. The quantitative estimate of drug-likeness (QED) is 0.781. The second-order valence-electron chi connectivity index (χ2n) is 5.99. The van der Waals surface area contributed by atoms with E-state index in [2.05, 4.69) is 5.32 Å². The van der Waals surface area contributed by atoms with Gasteiger partial charge in [0.05, 0.1) is 16.7 Å². The van der Waals surface area contributed by atoms with E-state index < -0.39 is 18.0 Å². The number of nitrogens with one attached hydrogen (secondary N) is 1. The van der Waals surface area contributed by atoms with Gasteiger partial charge in [0.2, 0.25) is 6.29 Å². The number of carbonyl (C=O) groups excluding carboxylic acids is 1. The van der Waals surface area contributed by atoms with E-state index in [0.29, 0.717) is 23.6 Å². The number of carbonyl (C=O) groups is 2. The molecule has 2 aromatic carbocycles. The molecule has 140 valence electrons. The molecule has 0 amide bonds. The third-order valence-electron chi connectivity index (χ3n) is 4.05. The molecule has 3 rings (SSSR count). The highest BCUT2D eigenvalue weighted by atomic mass is 16.7. The highest BCUT2D eigenvalue weighted by molar-refractivity contribution is 6.12. The standard InChI is InChI=1S/C20H19NO6/c1-3-26-20-15(18(23)14-8-11(2)4-7-17(14)27-20)10-21-12-5-6-13(19(24)25)16(22)9-12/h4-10,20-22H,3H2,1-2H3,(H,24,25)/p-1/b15-10-/t20-/m1/s1. The molecule has 7 nitrogen and oxygen atoms in total. The Morgan fingerprint density at radius 1 is 1.33 bits per heavy atom. The lowest BCUT2D eigenvalue weighted by Crippen LogP contribution is -2.33. The van der Waals surface area contributed by atoms with Crippen LogP contribution in [0.5, 0.6) is 11.5 Å². The van der Waals surface area contributed by atoms with Gasteiger partial charge >= 0.3 is 5.97 Å². The monoisotopic (exact) mass is 368 g/mol. The highest BCUT2D eigenvalue weighted by Crippen LogP contribution is 2.32. The summed E-state index contributed by atoms with van der Waals surface area (Å²) in [6, 6.07) is 9.13. The topological polar surface area (TPSA) is 108 Å². The van der Waals surface area contributed by atoms with Crippen LogP contribution in [0, 0.1) is 6.92 Å². The van der Waals surface area contributed by atoms with Crippen molar-refractivity contribution >= 4 is 17.4 Å². The number of hydrogen-bond donors (Lipinski definition) is 2. The van der Waals surface area contributed by atoms with E-state index >= 15 is 0 Å². The average Bonchev–Trinajstić information content (AvgIpc) is 2.62. The van der Waals surface area contributed by atoms with Crippen molar-refractivity contribution in [2.75, 3.05) is 11.9 Å². The Labute approximate surface area is 155 Å². The third-order valence-corrected chi connectivity index (χ3v) is 4.05. The SMILES string of the molecule is CCO[C@@H]1Oc2ccc(C)cc2C(=O)/C1=C/Nc1ccc(C(=O)O)c([O-])c1. The van der Waals surface area contributed by atoms with Crippen LogP contribution in [0.2, 0.25) is 0 Å². The summed E-state index contributed by atoms with van der Waals surface area (Å²) in [4.78, 5) is 23.8. The number of ketones is 1. The minimum atomic E-state index is -1.29. The number of benzene rings is 2. The van der Waals surface area contributed by atoms with Crippen LogP contribution in [-0.4, -0.2) is 29.8 Å². The minimum absolute atomic E-state index is 0.240. The second-order valence-corrected chi connectivity index (χ2v) is 5.99. The number of aryl methyl sites for hydroxylation is 1. The molecule has 7 heteroatoms. The molecule has 1 aliphatic rings. The summed E-state index contributed by atoms with van der Waals surface area (Å²) >= 11 is 0. The number of hydrogen-bond acceptors (Lipinski definition) is 6. The van der Waals surface area contributed by atoms with Crippen molar-refractivity contribution in [3.05, 3.63) is 64.9 Å². The van der Waals surface area contributed by atoms with E-state index in [1.54, 1.807) is 19.1 Å². The summed E-state index contributed by atoms with van der Waals surface area (Å²) < 4.78 is 11.3. The van der Waals surface area contributed by atoms with Crippen LogP contribution >= 0.6 is 0 Å². The summed E-state index contributed by atoms with van der Waals surface area (Å²) in [5.41, 5.74) is 1.65. The lowest BCUT2D eigenvalue weighted by atomic mass is 9.98. The molecule has 0 saturated heterocycles. The zero-order valence-corrected chi connectivity index (χ0v) is 14.8. The Morgan fingerprint density at radius 2 is 2.11 bits per heavy atom. The maximum absolute atomic E-state index is 12.9. The second kappa shape index (κ2) is 7.51. The van der Waals surface area contributed by atoms with Crippen LogP contribution < -0.4 is 15.2 Å². The molecule has 0 aliphatic carbocycles. The lowest BCUT2D eigenvalue weighted by molar-refractivity contribution is -0.268. The average molecular weight is 368 g/mol. The molecule has 0 bridgehead atoms. The van der Waals surface area contributed by atoms with Gasteiger partial charge in [-0.2, -0.15) is 0 Å². The van der Waals surface area contributed by atoms with Crippen LogP contribution in [0.3, 0.4) is 0 Å². The largest absolute Gasteiger partial charge is 0.872 e. The van der Waals surface area contributed by atoms with Gasteiger partial charge in [-0.15, -0.1) is 0 Å². The minimum Gasteiger partial charge on any atom is -0.872 e. The van der Waals surface area contributed by atoms with Crippen LogP contribution in [0.4, 0.5) is 5.69 Å². The Kier molecular flexibility index (Phi) is 5.14. The zero-order chi connectivity index (χ0) is 19.6. The number of fused-ring (bicyclic) bond motifs is 1. The first-order valence-corrected chi connectivity index (χ1v) is 8.35. The first kappa shape index (κ1) is 18.5. The zero-order valence-electron chi connectivity index (χ0n) is 14.8. The first-order chi connectivity index (χ1) is 12.9. The molecule has 2 N–H and O–H groups in total. The van der Waals surface area contributed by atoms with E-state index in [1.807, 2.05) is 13.0 Å². The van der Waals surface area contributed by atoms with Gasteiger partial charge in [-0.1, -0.05) is 17.4 Å². The van der Waals surface area contributed by atoms with Crippen molar-refractivity contribution in [1.29, 1.82) is 0 Å². The van der Waals surface area contributed by atoms with Gasteiger partial charge in [0.1, 0.15) is 5.75 Å². The number of rotatable bonds is 5. The Bertz CT molecular complexity index is 934. The van der Waals surface area contributed by atoms with Gasteiger partial charge in [0, 0.05) is 18.5 Å². The van der Waals surface area contributed by atoms with Gasteiger partial charge in [-0.25, -0.2) is 4.79 Å². The molecule has 0 fully saturated rings. The number of aromatic carboxylic acids is 1. The van der Waals surface area contributed by atoms with Crippen LogP contribution in [0.15, 0.2) is 48.2 Å². The van der Waals surface area contributed by atoms with Crippen molar-refractivity contribution in [2.24, 2.45) is 0 Å². The van der Waals surface area contributed by atoms with Gasteiger partial charge in [0.25, 0.3) is 0 Å². The fourth-order valence-corrected chi connectivity index (χ4v) is 2.72. The van der Waals surface area contributed by atoms with Crippen molar-refractivity contribution in [3.63, 3.8) is 0 Å². The Balaban J connectivity index is 1.91. The molecular weight excluding hydrogens is 350 g/mol. The molecule has 1 heterocycles. The predicted molar refractivity (Wildman–Crippen MR) is 96.1 cm³/mol. The summed E-state index contributed by atoms with van der Waals surface area (Å²) in [7, 11) is 0. The molecular formula is C20H18NO6-. The Morgan fingerprint density at radius 3 is 2.78 bits per heavy atom. The molecule has 1 atom stereocenters. The fourth-order valence-electron chi connectivity index (χ4n) is 2.72. The molecule has 0 unspecified atom stereocenters. The lowest BCUT2D eigenvalue weighted by Gasteiger charge is -2.27. The summed E-state index contributed by atoms with van der Waals surface area (Å²) in [6.45, 7) is 4.01. The number of ether oxygens (including phenoxy) is 2. The number of carboxylic acids is 1.